The first-order chi connectivity index (χ1) is 7.06. The van der Waals surface area contributed by atoms with Gasteiger partial charge in [0.25, 0.3) is 0 Å². The molecule has 0 heterocycles. The molecule has 0 spiro atoms. The molecule has 0 aliphatic carbocycles. The van der Waals surface area contributed by atoms with Crippen LogP contribution in [0.15, 0.2) is 0 Å². The van der Waals surface area contributed by atoms with E-state index in [1.165, 1.54) is 0 Å². The molecule has 92 valence electrons. The predicted octanol–water partition coefficient (Wildman–Crippen LogP) is 3.07. The lowest BCUT2D eigenvalue weighted by atomic mass is 10.2. The van der Waals surface area contributed by atoms with Gasteiger partial charge in [-0.1, -0.05) is 28.8 Å². The van der Waals surface area contributed by atoms with Gasteiger partial charge < -0.3 is 5.32 Å². The molecular formula is C9H17BrF3NO. The van der Waals surface area contributed by atoms with Crippen LogP contribution in [0.4, 0.5) is 13.2 Å². The van der Waals surface area contributed by atoms with Crippen LogP contribution in [0.3, 0.4) is 0 Å². The van der Waals surface area contributed by atoms with Gasteiger partial charge in [-0.15, -0.1) is 13.2 Å². The summed E-state index contributed by atoms with van der Waals surface area (Å²) in [5, 5.41) is 3.91. The smallest absolute Gasteiger partial charge is 0.314 e. The van der Waals surface area contributed by atoms with Crippen LogP contribution >= 0.6 is 15.9 Å². The highest BCUT2D eigenvalue weighted by atomic mass is 79.9. The lowest BCUT2D eigenvalue weighted by Crippen LogP contribution is -2.24. The van der Waals surface area contributed by atoms with Crippen LogP contribution in [0, 0.1) is 0 Å². The fraction of sp³-hybridized carbons (Fsp3) is 1.00. The van der Waals surface area contributed by atoms with Crippen LogP contribution in [0.1, 0.15) is 25.7 Å². The average Bonchev–Trinajstić information content (AvgIpc) is 2.14. The molecule has 2 nitrogen and oxygen atoms in total. The molecule has 0 saturated carbocycles. The summed E-state index contributed by atoms with van der Waals surface area (Å²) in [5.41, 5.74) is 0. The standard InChI is InChI=1S/C9H17BrF3NO/c10-5-3-1-2-4-6-14-7-8-15-9(11,12)13/h14H,1-8H2. The highest BCUT2D eigenvalue weighted by molar-refractivity contribution is 9.09. The van der Waals surface area contributed by atoms with Crippen molar-refractivity contribution >= 4 is 15.9 Å². The molecule has 0 unspecified atom stereocenters. The quantitative estimate of drug-likeness (QED) is 0.521. The van der Waals surface area contributed by atoms with Crippen molar-refractivity contribution in [2.45, 2.75) is 32.0 Å². The summed E-state index contributed by atoms with van der Waals surface area (Å²) in [7, 11) is 0. The summed E-state index contributed by atoms with van der Waals surface area (Å²) in [6, 6.07) is 0. The summed E-state index contributed by atoms with van der Waals surface area (Å²) in [6.45, 7) is 0.687. The zero-order chi connectivity index (χ0) is 11.6. The SMILES string of the molecule is FC(F)(F)OCCNCCCCCCBr. The van der Waals surface area contributed by atoms with Crippen LogP contribution in [-0.2, 0) is 4.74 Å². The summed E-state index contributed by atoms with van der Waals surface area (Å²) in [6.07, 6.45) is -0.0849. The van der Waals surface area contributed by atoms with Crippen LogP contribution in [0.2, 0.25) is 0 Å². The van der Waals surface area contributed by atoms with Gasteiger partial charge in [0.1, 0.15) is 0 Å². The third-order valence-corrected chi connectivity index (χ3v) is 2.34. The number of ether oxygens (including phenoxy) is 1. The summed E-state index contributed by atoms with van der Waals surface area (Å²) >= 11 is 3.33. The second-order valence-corrected chi connectivity index (χ2v) is 3.94. The summed E-state index contributed by atoms with van der Waals surface area (Å²) in [5.74, 6) is 0. The van der Waals surface area contributed by atoms with Gasteiger partial charge in [0.15, 0.2) is 0 Å². The van der Waals surface area contributed by atoms with Gasteiger partial charge in [0.2, 0.25) is 0 Å². The molecule has 0 aromatic heterocycles. The molecular weight excluding hydrogens is 275 g/mol. The predicted molar refractivity (Wildman–Crippen MR) is 57.1 cm³/mol. The molecule has 0 aromatic rings. The van der Waals surface area contributed by atoms with Crippen molar-refractivity contribution in [3.8, 4) is 0 Å². The number of alkyl halides is 4. The molecule has 0 atom stereocenters. The number of rotatable bonds is 9. The zero-order valence-electron chi connectivity index (χ0n) is 8.58. The van der Waals surface area contributed by atoms with Gasteiger partial charge in [0.05, 0.1) is 6.61 Å². The molecule has 0 rings (SSSR count). The Labute approximate surface area is 96.7 Å². The zero-order valence-corrected chi connectivity index (χ0v) is 10.2. The van der Waals surface area contributed by atoms with E-state index in [0.717, 1.165) is 37.6 Å². The van der Waals surface area contributed by atoms with Gasteiger partial charge in [-0.05, 0) is 19.4 Å². The maximum Gasteiger partial charge on any atom is 0.522 e. The number of halogens is 4. The lowest BCUT2D eigenvalue weighted by Gasteiger charge is -2.07. The van der Waals surface area contributed by atoms with Crippen LogP contribution in [-0.4, -0.2) is 31.4 Å². The maximum absolute atomic E-state index is 11.5. The van der Waals surface area contributed by atoms with E-state index < -0.39 is 6.36 Å². The third kappa shape index (κ3) is 14.2. The summed E-state index contributed by atoms with van der Waals surface area (Å²) in [4.78, 5) is 0. The van der Waals surface area contributed by atoms with E-state index in [4.69, 9.17) is 0 Å². The topological polar surface area (TPSA) is 21.3 Å². The first-order valence-corrected chi connectivity index (χ1v) is 6.16. The molecule has 0 saturated heterocycles. The minimum absolute atomic E-state index is 0.248. The molecule has 0 aromatic carbocycles. The van der Waals surface area contributed by atoms with E-state index in [9.17, 15) is 13.2 Å². The highest BCUT2D eigenvalue weighted by Gasteiger charge is 2.28. The van der Waals surface area contributed by atoms with E-state index >= 15 is 0 Å². The first-order valence-electron chi connectivity index (χ1n) is 5.03. The number of hydrogen-bond acceptors (Lipinski definition) is 2. The first kappa shape index (κ1) is 15.2. The van der Waals surface area contributed by atoms with Crippen molar-refractivity contribution in [1.82, 2.24) is 5.32 Å². The summed E-state index contributed by atoms with van der Waals surface area (Å²) < 4.78 is 38.2. The largest absolute Gasteiger partial charge is 0.522 e. The van der Waals surface area contributed by atoms with Crippen molar-refractivity contribution in [2.75, 3.05) is 25.0 Å². The van der Waals surface area contributed by atoms with E-state index in [2.05, 4.69) is 26.0 Å². The van der Waals surface area contributed by atoms with Gasteiger partial charge in [-0.2, -0.15) is 0 Å². The maximum atomic E-state index is 11.5. The van der Waals surface area contributed by atoms with Crippen molar-refractivity contribution in [3.63, 3.8) is 0 Å². The fourth-order valence-corrected chi connectivity index (χ4v) is 1.46. The van der Waals surface area contributed by atoms with E-state index in [-0.39, 0.29) is 13.2 Å². The van der Waals surface area contributed by atoms with Crippen molar-refractivity contribution in [2.24, 2.45) is 0 Å². The molecule has 0 fully saturated rings. The Bertz CT molecular complexity index is 144. The van der Waals surface area contributed by atoms with Crippen molar-refractivity contribution in [3.05, 3.63) is 0 Å². The van der Waals surface area contributed by atoms with Gasteiger partial charge in [-0.3, -0.25) is 4.74 Å². The fourth-order valence-electron chi connectivity index (χ4n) is 1.06. The molecule has 0 radical (unpaired) electrons. The molecule has 1 N–H and O–H groups in total. The lowest BCUT2D eigenvalue weighted by molar-refractivity contribution is -0.323. The molecule has 0 amide bonds. The molecule has 0 bridgehead atoms. The van der Waals surface area contributed by atoms with E-state index in [1.807, 2.05) is 0 Å². The second-order valence-electron chi connectivity index (χ2n) is 3.15. The minimum Gasteiger partial charge on any atom is -0.314 e. The third-order valence-electron chi connectivity index (χ3n) is 1.78. The molecule has 0 aliphatic rings. The average molecular weight is 292 g/mol. The van der Waals surface area contributed by atoms with Crippen LogP contribution in [0.25, 0.3) is 0 Å². The Hall–Kier alpha value is 0.190. The number of unbranched alkanes of at least 4 members (excludes halogenated alkanes) is 3. The second kappa shape index (κ2) is 9.42. The molecule has 0 aliphatic heterocycles. The van der Waals surface area contributed by atoms with Gasteiger partial charge in [-0.25, -0.2) is 0 Å². The van der Waals surface area contributed by atoms with Gasteiger partial charge >= 0.3 is 6.36 Å². The Kier molecular flexibility index (Phi) is 9.54. The van der Waals surface area contributed by atoms with Crippen molar-refractivity contribution in [1.29, 1.82) is 0 Å². The molecule has 6 heteroatoms. The molecule has 15 heavy (non-hydrogen) atoms. The Morgan fingerprint density at radius 1 is 1.00 bits per heavy atom. The normalized spacial score (nSPS) is 12.0. The number of hydrogen-bond donors (Lipinski definition) is 1. The number of nitrogens with one attached hydrogen (secondary N) is 1. The van der Waals surface area contributed by atoms with E-state index in [1.54, 1.807) is 0 Å². The minimum atomic E-state index is -4.50. The van der Waals surface area contributed by atoms with Crippen molar-refractivity contribution < 1.29 is 17.9 Å². The van der Waals surface area contributed by atoms with Gasteiger partial charge in [0, 0.05) is 11.9 Å². The van der Waals surface area contributed by atoms with Crippen LogP contribution in [0.5, 0.6) is 0 Å². The Balaban J connectivity index is 2.99. The monoisotopic (exact) mass is 291 g/mol. The Morgan fingerprint density at radius 2 is 1.67 bits per heavy atom. The Morgan fingerprint density at radius 3 is 2.27 bits per heavy atom. The highest BCUT2D eigenvalue weighted by Crippen LogP contribution is 2.15. The van der Waals surface area contributed by atoms with Crippen LogP contribution < -0.4 is 5.32 Å². The van der Waals surface area contributed by atoms with E-state index in [0.29, 0.717) is 0 Å².